The normalized spacial score (nSPS) is 11.4. The molecule has 142 valence electrons. The number of carbonyl (C=O) groups is 2. The first-order valence-electron chi connectivity index (χ1n) is 7.52. The zero-order valence-corrected chi connectivity index (χ0v) is 15.7. The lowest BCUT2D eigenvalue weighted by atomic mass is 10.1. The summed E-state index contributed by atoms with van der Waals surface area (Å²) in [7, 11) is 1.52. The number of nitrogens with zero attached hydrogens (tertiary/aromatic N) is 2. The van der Waals surface area contributed by atoms with Crippen LogP contribution in [0.3, 0.4) is 0 Å². The molecule has 0 radical (unpaired) electrons. The van der Waals surface area contributed by atoms with E-state index < -0.39 is 22.9 Å². The summed E-state index contributed by atoms with van der Waals surface area (Å²) in [6.45, 7) is 1.34. The van der Waals surface area contributed by atoms with Crippen LogP contribution in [0.15, 0.2) is 30.5 Å². The number of nitrogens with one attached hydrogen (secondary N) is 2. The van der Waals surface area contributed by atoms with E-state index in [9.17, 15) is 19.7 Å². The third-order valence-corrected chi connectivity index (χ3v) is 3.90. The van der Waals surface area contributed by atoms with Gasteiger partial charge >= 0.3 is 5.97 Å². The minimum atomic E-state index is -1.20. The fraction of sp³-hybridized carbons (Fsp3) is 0.188. The summed E-state index contributed by atoms with van der Waals surface area (Å²) in [5.41, 5.74) is -0.116. The van der Waals surface area contributed by atoms with Gasteiger partial charge in [-0.25, -0.2) is 9.78 Å². The predicted octanol–water partition coefficient (Wildman–Crippen LogP) is 3.52. The summed E-state index contributed by atoms with van der Waals surface area (Å²) in [5.74, 6) is -1.51. The molecular formula is C16H14Cl2N4O5. The van der Waals surface area contributed by atoms with Gasteiger partial charge in [-0.15, -0.1) is 0 Å². The number of halogens is 2. The number of esters is 1. The Kier molecular flexibility index (Phi) is 6.54. The Morgan fingerprint density at radius 1 is 1.30 bits per heavy atom. The van der Waals surface area contributed by atoms with Gasteiger partial charge in [0.25, 0.3) is 11.6 Å². The van der Waals surface area contributed by atoms with Gasteiger partial charge in [0, 0.05) is 19.3 Å². The average Bonchev–Trinajstić information content (AvgIpc) is 2.63. The van der Waals surface area contributed by atoms with Crippen LogP contribution in [0, 0.1) is 10.1 Å². The van der Waals surface area contributed by atoms with Crippen LogP contribution in [-0.4, -0.2) is 34.9 Å². The second-order valence-electron chi connectivity index (χ2n) is 5.26. The molecule has 2 aromatic rings. The van der Waals surface area contributed by atoms with E-state index in [2.05, 4.69) is 15.6 Å². The highest BCUT2D eigenvalue weighted by Crippen LogP contribution is 2.26. The van der Waals surface area contributed by atoms with Gasteiger partial charge in [-0.2, -0.15) is 0 Å². The first-order chi connectivity index (χ1) is 12.7. The van der Waals surface area contributed by atoms with E-state index in [0.717, 1.165) is 6.07 Å². The van der Waals surface area contributed by atoms with Crippen molar-refractivity contribution in [2.45, 2.75) is 13.0 Å². The van der Waals surface area contributed by atoms with Crippen molar-refractivity contribution in [2.75, 3.05) is 17.7 Å². The van der Waals surface area contributed by atoms with Crippen LogP contribution in [0.4, 0.5) is 17.2 Å². The highest BCUT2D eigenvalue weighted by molar-refractivity contribution is 6.36. The summed E-state index contributed by atoms with van der Waals surface area (Å²) in [6.07, 6.45) is 0.0939. The predicted molar refractivity (Wildman–Crippen MR) is 100 cm³/mol. The van der Waals surface area contributed by atoms with Gasteiger partial charge in [0.1, 0.15) is 5.69 Å². The van der Waals surface area contributed by atoms with Crippen molar-refractivity contribution >= 4 is 52.3 Å². The minimum absolute atomic E-state index is 0.0583. The Morgan fingerprint density at radius 2 is 2.00 bits per heavy atom. The van der Waals surface area contributed by atoms with E-state index in [1.807, 2.05) is 0 Å². The molecule has 9 nitrogen and oxygen atoms in total. The Hall–Kier alpha value is -2.91. The van der Waals surface area contributed by atoms with Gasteiger partial charge in [-0.05, 0) is 25.1 Å². The van der Waals surface area contributed by atoms with Crippen molar-refractivity contribution in [3.8, 4) is 0 Å². The molecule has 0 spiro atoms. The van der Waals surface area contributed by atoms with Gasteiger partial charge in [0.15, 0.2) is 11.9 Å². The second-order valence-corrected chi connectivity index (χ2v) is 6.10. The maximum Gasteiger partial charge on any atom is 0.339 e. The fourth-order valence-electron chi connectivity index (χ4n) is 2.03. The molecule has 1 aromatic carbocycles. The number of pyridine rings is 1. The molecule has 0 aliphatic rings. The van der Waals surface area contributed by atoms with E-state index in [1.165, 1.54) is 38.4 Å². The third-order valence-electron chi connectivity index (χ3n) is 3.40. The van der Waals surface area contributed by atoms with Crippen molar-refractivity contribution in [3.05, 3.63) is 56.2 Å². The van der Waals surface area contributed by atoms with Crippen LogP contribution in [0.2, 0.25) is 10.0 Å². The van der Waals surface area contributed by atoms with Crippen molar-refractivity contribution in [1.82, 2.24) is 4.98 Å². The van der Waals surface area contributed by atoms with Crippen LogP contribution < -0.4 is 10.6 Å². The molecule has 0 bridgehead atoms. The molecule has 1 heterocycles. The number of carbonyl (C=O) groups excluding carboxylic acids is 2. The molecular weight excluding hydrogens is 399 g/mol. The molecule has 0 saturated heterocycles. The van der Waals surface area contributed by atoms with E-state index in [1.54, 1.807) is 0 Å². The van der Waals surface area contributed by atoms with Crippen molar-refractivity contribution in [3.63, 3.8) is 0 Å². The van der Waals surface area contributed by atoms with Crippen LogP contribution >= 0.6 is 23.2 Å². The van der Waals surface area contributed by atoms with Gasteiger partial charge in [-0.3, -0.25) is 14.9 Å². The molecule has 2 N–H and O–H groups in total. The molecule has 11 heteroatoms. The number of amides is 1. The molecule has 1 amide bonds. The minimum Gasteiger partial charge on any atom is -0.449 e. The molecule has 0 saturated carbocycles. The number of hydrogen-bond donors (Lipinski definition) is 2. The number of nitro groups is 1. The molecule has 0 aliphatic carbocycles. The van der Waals surface area contributed by atoms with E-state index in [4.69, 9.17) is 27.9 Å². The third kappa shape index (κ3) is 5.05. The molecule has 0 unspecified atom stereocenters. The molecule has 1 atom stereocenters. The average molecular weight is 413 g/mol. The Bertz CT molecular complexity index is 906. The summed E-state index contributed by atoms with van der Waals surface area (Å²) >= 11 is 11.6. The first kappa shape index (κ1) is 20.4. The number of benzene rings is 1. The van der Waals surface area contributed by atoms with E-state index in [0.29, 0.717) is 5.02 Å². The van der Waals surface area contributed by atoms with Crippen molar-refractivity contribution in [1.29, 1.82) is 0 Å². The van der Waals surface area contributed by atoms with Crippen LogP contribution in [0.5, 0.6) is 0 Å². The Morgan fingerprint density at radius 3 is 2.59 bits per heavy atom. The van der Waals surface area contributed by atoms with Gasteiger partial charge in [0.2, 0.25) is 0 Å². The highest BCUT2D eigenvalue weighted by Gasteiger charge is 2.23. The topological polar surface area (TPSA) is 123 Å². The van der Waals surface area contributed by atoms with E-state index in [-0.39, 0.29) is 27.8 Å². The number of nitro benzene ring substituents is 1. The Labute approximate surface area is 163 Å². The summed E-state index contributed by atoms with van der Waals surface area (Å²) in [4.78, 5) is 38.7. The van der Waals surface area contributed by atoms with Gasteiger partial charge in [0.05, 0.1) is 20.5 Å². The Balaban J connectivity index is 2.09. The highest BCUT2D eigenvalue weighted by atomic mass is 35.5. The number of ether oxygens (including phenoxy) is 1. The number of hydrogen-bond acceptors (Lipinski definition) is 7. The standard InChI is InChI=1S/C16H14Cl2N4O5/c1-8(15(23)21-14-11(18)6-10(17)7-20-14)27-16(24)9-3-4-12(19-2)13(5-9)22(25)26/h3-8,19H,1-2H3,(H,20,21,23)/t8-/m0/s1. The van der Waals surface area contributed by atoms with Crippen LogP contribution in [-0.2, 0) is 9.53 Å². The van der Waals surface area contributed by atoms with E-state index >= 15 is 0 Å². The van der Waals surface area contributed by atoms with Crippen molar-refractivity contribution < 1.29 is 19.2 Å². The zero-order valence-electron chi connectivity index (χ0n) is 14.2. The zero-order chi connectivity index (χ0) is 20.1. The molecule has 0 aliphatic heterocycles. The van der Waals surface area contributed by atoms with Crippen molar-refractivity contribution in [2.24, 2.45) is 0 Å². The largest absolute Gasteiger partial charge is 0.449 e. The maximum absolute atomic E-state index is 12.2. The lowest BCUT2D eigenvalue weighted by molar-refractivity contribution is -0.384. The number of anilines is 2. The summed E-state index contributed by atoms with van der Waals surface area (Å²) in [5, 5.41) is 16.5. The monoisotopic (exact) mass is 412 g/mol. The lowest BCUT2D eigenvalue weighted by Gasteiger charge is -2.14. The lowest BCUT2D eigenvalue weighted by Crippen LogP contribution is -2.30. The van der Waals surface area contributed by atoms with Crippen LogP contribution in [0.25, 0.3) is 0 Å². The molecule has 27 heavy (non-hydrogen) atoms. The molecule has 0 fully saturated rings. The molecule has 1 aromatic heterocycles. The quantitative estimate of drug-likeness (QED) is 0.422. The SMILES string of the molecule is CNc1ccc(C(=O)O[C@@H](C)C(=O)Nc2ncc(Cl)cc2Cl)cc1[N+](=O)[O-]. The maximum atomic E-state index is 12.2. The number of rotatable bonds is 6. The number of aromatic nitrogens is 1. The van der Waals surface area contributed by atoms with Gasteiger partial charge in [-0.1, -0.05) is 23.2 Å². The first-order valence-corrected chi connectivity index (χ1v) is 8.27. The summed E-state index contributed by atoms with van der Waals surface area (Å²) in [6, 6.07) is 5.18. The van der Waals surface area contributed by atoms with Gasteiger partial charge < -0.3 is 15.4 Å². The summed E-state index contributed by atoms with van der Waals surface area (Å²) < 4.78 is 5.05. The second kappa shape index (κ2) is 8.65. The van der Waals surface area contributed by atoms with Crippen LogP contribution in [0.1, 0.15) is 17.3 Å². The molecule has 2 rings (SSSR count). The smallest absolute Gasteiger partial charge is 0.339 e. The fourth-order valence-corrected chi connectivity index (χ4v) is 2.46.